The molecule has 1 saturated heterocycles. The van der Waals surface area contributed by atoms with Crippen molar-refractivity contribution in [2.75, 3.05) is 6.61 Å². The number of esters is 3. The van der Waals surface area contributed by atoms with Crippen molar-refractivity contribution in [3.63, 3.8) is 0 Å². The van der Waals surface area contributed by atoms with Crippen LogP contribution in [0, 0.1) is 5.41 Å². The standard InChI is InChI=1S/C28H24O8/c1-28(18-29)23(35-25(31)20-13-7-3-8-14-20)22(17-33-24(30)19-11-5-2-6-12-19)34-27(28)36-26(32)21-15-9-4-10-16-21/h2-16,18,22-23,27H,17H2,1H3/t22-,23-,27?,28-/m1/s1. The third kappa shape index (κ3) is 5.34. The summed E-state index contributed by atoms with van der Waals surface area (Å²) in [6, 6.07) is 24.7. The Morgan fingerprint density at radius 3 is 1.67 bits per heavy atom. The molecule has 0 saturated carbocycles. The van der Waals surface area contributed by atoms with Crippen molar-refractivity contribution in [2.24, 2.45) is 5.41 Å². The predicted octanol–water partition coefficient (Wildman–Crippen LogP) is 3.86. The van der Waals surface area contributed by atoms with Gasteiger partial charge in [-0.15, -0.1) is 0 Å². The van der Waals surface area contributed by atoms with Crippen LogP contribution in [0.15, 0.2) is 91.0 Å². The molecule has 8 heteroatoms. The van der Waals surface area contributed by atoms with E-state index in [1.165, 1.54) is 6.92 Å². The van der Waals surface area contributed by atoms with Crippen molar-refractivity contribution in [2.45, 2.75) is 25.4 Å². The average Bonchev–Trinajstić information content (AvgIpc) is 3.19. The van der Waals surface area contributed by atoms with Crippen molar-refractivity contribution >= 4 is 24.2 Å². The average molecular weight is 488 g/mol. The fourth-order valence-electron chi connectivity index (χ4n) is 3.83. The largest absolute Gasteiger partial charge is 0.459 e. The molecule has 3 aromatic carbocycles. The minimum atomic E-state index is -1.57. The first kappa shape index (κ1) is 24.8. The second-order valence-electron chi connectivity index (χ2n) is 8.42. The maximum Gasteiger partial charge on any atom is 0.340 e. The number of rotatable bonds is 8. The molecule has 1 fully saturated rings. The molecule has 4 rings (SSSR count). The first-order valence-electron chi connectivity index (χ1n) is 11.3. The summed E-state index contributed by atoms with van der Waals surface area (Å²) in [6.07, 6.45) is -3.15. The minimum Gasteiger partial charge on any atom is -0.459 e. The molecule has 0 spiro atoms. The number of aldehydes is 1. The Morgan fingerprint density at radius 1 is 0.750 bits per heavy atom. The summed E-state index contributed by atoms with van der Waals surface area (Å²) in [6.45, 7) is 1.12. The van der Waals surface area contributed by atoms with Gasteiger partial charge in [0.1, 0.15) is 30.5 Å². The monoisotopic (exact) mass is 488 g/mol. The SMILES string of the molecule is C[C@]1(C=O)C(OC(=O)c2ccccc2)O[C@H](COC(=O)c2ccccc2)[C@H]1OC(=O)c1ccccc1. The Labute approximate surface area is 207 Å². The second kappa shape index (κ2) is 11.0. The van der Waals surface area contributed by atoms with E-state index < -0.39 is 41.8 Å². The highest BCUT2D eigenvalue weighted by Gasteiger charge is 2.58. The van der Waals surface area contributed by atoms with Crippen molar-refractivity contribution in [3.8, 4) is 0 Å². The Morgan fingerprint density at radius 2 is 1.19 bits per heavy atom. The molecule has 3 aromatic rings. The van der Waals surface area contributed by atoms with Crippen LogP contribution in [0.2, 0.25) is 0 Å². The van der Waals surface area contributed by atoms with Crippen molar-refractivity contribution in [1.82, 2.24) is 0 Å². The summed E-state index contributed by atoms with van der Waals surface area (Å²) in [7, 11) is 0. The molecule has 0 N–H and O–H groups in total. The first-order chi connectivity index (χ1) is 17.4. The van der Waals surface area contributed by atoms with Gasteiger partial charge < -0.3 is 23.7 Å². The van der Waals surface area contributed by atoms with E-state index in [2.05, 4.69) is 0 Å². The topological polar surface area (TPSA) is 105 Å². The lowest BCUT2D eigenvalue weighted by Crippen LogP contribution is -2.45. The van der Waals surface area contributed by atoms with Crippen molar-refractivity contribution in [1.29, 1.82) is 0 Å². The van der Waals surface area contributed by atoms with Crippen LogP contribution in [0.1, 0.15) is 38.0 Å². The number of carbonyl (C=O) groups is 4. The molecule has 8 nitrogen and oxygen atoms in total. The Hall–Kier alpha value is -4.30. The molecule has 4 atom stereocenters. The summed E-state index contributed by atoms with van der Waals surface area (Å²) in [5.74, 6) is -2.04. The molecule has 1 aliphatic heterocycles. The van der Waals surface area contributed by atoms with E-state index in [9.17, 15) is 19.2 Å². The van der Waals surface area contributed by atoms with Crippen LogP contribution in [0.5, 0.6) is 0 Å². The molecule has 36 heavy (non-hydrogen) atoms. The van der Waals surface area contributed by atoms with Crippen LogP contribution in [0.25, 0.3) is 0 Å². The first-order valence-corrected chi connectivity index (χ1v) is 11.3. The minimum absolute atomic E-state index is 0.256. The van der Waals surface area contributed by atoms with Gasteiger partial charge in [-0.25, -0.2) is 14.4 Å². The van der Waals surface area contributed by atoms with Crippen LogP contribution in [0.4, 0.5) is 0 Å². The Balaban J connectivity index is 1.57. The van der Waals surface area contributed by atoms with E-state index in [0.717, 1.165) is 0 Å². The highest BCUT2D eigenvalue weighted by atomic mass is 16.7. The Kier molecular flexibility index (Phi) is 7.56. The van der Waals surface area contributed by atoms with Gasteiger partial charge in [0.05, 0.1) is 16.7 Å². The molecule has 184 valence electrons. The van der Waals surface area contributed by atoms with Crippen LogP contribution >= 0.6 is 0 Å². The van der Waals surface area contributed by atoms with Gasteiger partial charge in [-0.1, -0.05) is 54.6 Å². The van der Waals surface area contributed by atoms with E-state index in [0.29, 0.717) is 11.8 Å². The van der Waals surface area contributed by atoms with Gasteiger partial charge in [0, 0.05) is 0 Å². The molecule has 1 unspecified atom stereocenters. The second-order valence-corrected chi connectivity index (χ2v) is 8.42. The van der Waals surface area contributed by atoms with E-state index in [1.54, 1.807) is 91.0 Å². The predicted molar refractivity (Wildman–Crippen MR) is 127 cm³/mol. The van der Waals surface area contributed by atoms with Gasteiger partial charge in [0.15, 0.2) is 0 Å². The lowest BCUT2D eigenvalue weighted by atomic mass is 9.84. The van der Waals surface area contributed by atoms with Crippen LogP contribution in [-0.4, -0.2) is 49.3 Å². The summed E-state index contributed by atoms with van der Waals surface area (Å²) in [4.78, 5) is 50.4. The van der Waals surface area contributed by atoms with Gasteiger partial charge in [0.25, 0.3) is 0 Å². The molecule has 0 radical (unpaired) electrons. The fraction of sp³-hybridized carbons (Fsp3) is 0.214. The number of hydrogen-bond donors (Lipinski definition) is 0. The van der Waals surface area contributed by atoms with E-state index in [4.69, 9.17) is 18.9 Å². The molecule has 0 aliphatic carbocycles. The third-order valence-electron chi connectivity index (χ3n) is 5.87. The quantitative estimate of drug-likeness (QED) is 0.267. The Bertz CT molecular complexity index is 1210. The maximum absolute atomic E-state index is 12.9. The van der Waals surface area contributed by atoms with Gasteiger partial charge in [-0.3, -0.25) is 0 Å². The zero-order chi connectivity index (χ0) is 25.5. The van der Waals surface area contributed by atoms with Crippen molar-refractivity contribution in [3.05, 3.63) is 108 Å². The zero-order valence-electron chi connectivity index (χ0n) is 19.4. The van der Waals surface area contributed by atoms with Gasteiger partial charge in [0.2, 0.25) is 6.29 Å². The molecule has 0 aromatic heterocycles. The smallest absolute Gasteiger partial charge is 0.340 e. The molecule has 1 aliphatic rings. The van der Waals surface area contributed by atoms with Gasteiger partial charge in [-0.2, -0.15) is 0 Å². The normalized spacial score (nSPS) is 22.9. The highest BCUT2D eigenvalue weighted by Crippen LogP contribution is 2.41. The molecule has 0 amide bonds. The third-order valence-corrected chi connectivity index (χ3v) is 5.87. The summed E-state index contributed by atoms with van der Waals surface area (Å²) in [5, 5.41) is 0. The van der Waals surface area contributed by atoms with Crippen LogP contribution in [0.3, 0.4) is 0 Å². The van der Waals surface area contributed by atoms with Crippen LogP contribution < -0.4 is 0 Å². The number of carbonyl (C=O) groups excluding carboxylic acids is 4. The number of benzene rings is 3. The van der Waals surface area contributed by atoms with Crippen molar-refractivity contribution < 1.29 is 38.1 Å². The zero-order valence-corrected chi connectivity index (χ0v) is 19.4. The van der Waals surface area contributed by atoms with E-state index >= 15 is 0 Å². The summed E-state index contributed by atoms with van der Waals surface area (Å²) >= 11 is 0. The maximum atomic E-state index is 12.9. The lowest BCUT2D eigenvalue weighted by Gasteiger charge is -2.29. The van der Waals surface area contributed by atoms with E-state index in [1.807, 2.05) is 0 Å². The summed E-state index contributed by atoms with van der Waals surface area (Å²) < 4.78 is 22.5. The molecular weight excluding hydrogens is 464 g/mol. The number of hydrogen-bond acceptors (Lipinski definition) is 8. The van der Waals surface area contributed by atoms with Gasteiger partial charge in [-0.05, 0) is 43.3 Å². The molecular formula is C28H24O8. The van der Waals surface area contributed by atoms with E-state index in [-0.39, 0.29) is 17.7 Å². The summed E-state index contributed by atoms with van der Waals surface area (Å²) in [5.41, 5.74) is -0.737. The number of ether oxygens (including phenoxy) is 4. The van der Waals surface area contributed by atoms with Crippen LogP contribution in [-0.2, 0) is 23.7 Å². The fourth-order valence-corrected chi connectivity index (χ4v) is 3.83. The highest BCUT2D eigenvalue weighted by molar-refractivity contribution is 5.91. The molecule has 1 heterocycles. The molecule has 0 bridgehead atoms. The van der Waals surface area contributed by atoms with Gasteiger partial charge >= 0.3 is 17.9 Å². The lowest BCUT2D eigenvalue weighted by molar-refractivity contribution is -0.152.